The van der Waals surface area contributed by atoms with Crippen LogP contribution in [0.5, 0.6) is 0 Å². The van der Waals surface area contributed by atoms with Gasteiger partial charge in [-0.15, -0.1) is 0 Å². The molecule has 0 radical (unpaired) electrons. The van der Waals surface area contributed by atoms with E-state index in [9.17, 15) is 9.59 Å². The number of unbranched alkanes of at least 4 members (excludes halogenated alkanes) is 3. The number of nitrogens with one attached hydrogen (secondary N) is 1. The van der Waals surface area contributed by atoms with E-state index in [0.29, 0.717) is 31.6 Å². The summed E-state index contributed by atoms with van der Waals surface area (Å²) in [4.78, 5) is 22.8. The van der Waals surface area contributed by atoms with Crippen molar-refractivity contribution in [2.75, 3.05) is 18.9 Å². The molecule has 0 aromatic carbocycles. The third-order valence-electron chi connectivity index (χ3n) is 3.63. The Balaban J connectivity index is 1.84. The van der Waals surface area contributed by atoms with Gasteiger partial charge in [0.1, 0.15) is 0 Å². The highest BCUT2D eigenvalue weighted by atomic mass is 33.1. The van der Waals surface area contributed by atoms with Gasteiger partial charge < -0.3 is 10.1 Å². The van der Waals surface area contributed by atoms with E-state index >= 15 is 0 Å². The van der Waals surface area contributed by atoms with E-state index in [0.717, 1.165) is 18.1 Å². The molecule has 1 rings (SSSR count). The van der Waals surface area contributed by atoms with Crippen molar-refractivity contribution in [3.05, 3.63) is 12.2 Å². The molecule has 1 aliphatic rings. The van der Waals surface area contributed by atoms with Gasteiger partial charge in [0, 0.05) is 29.5 Å². The van der Waals surface area contributed by atoms with Crippen molar-refractivity contribution >= 4 is 33.5 Å². The lowest BCUT2D eigenvalue weighted by atomic mass is 10.1. The summed E-state index contributed by atoms with van der Waals surface area (Å²) >= 11 is 0. The van der Waals surface area contributed by atoms with Crippen LogP contribution in [0.2, 0.25) is 0 Å². The lowest BCUT2D eigenvalue weighted by Crippen LogP contribution is -2.25. The molecule has 0 aliphatic carbocycles. The van der Waals surface area contributed by atoms with Gasteiger partial charge in [-0.1, -0.05) is 47.4 Å². The normalized spacial score (nSPS) is 17.0. The van der Waals surface area contributed by atoms with E-state index in [1.54, 1.807) is 6.92 Å². The fraction of sp³-hybridized carbons (Fsp3) is 0.765. The fourth-order valence-corrected chi connectivity index (χ4v) is 5.28. The SMILES string of the molecule is C=C(C)C(=O)OCCCNC(=O)CCCCCCC1CCSS1. The summed E-state index contributed by atoms with van der Waals surface area (Å²) in [5, 5.41) is 3.73. The third kappa shape index (κ3) is 10.7. The van der Waals surface area contributed by atoms with E-state index in [2.05, 4.69) is 11.9 Å². The van der Waals surface area contributed by atoms with Gasteiger partial charge in [-0.05, 0) is 32.6 Å². The number of esters is 1. The van der Waals surface area contributed by atoms with Crippen molar-refractivity contribution in [3.8, 4) is 0 Å². The van der Waals surface area contributed by atoms with Gasteiger partial charge in [-0.25, -0.2) is 4.79 Å². The summed E-state index contributed by atoms with van der Waals surface area (Å²) in [7, 11) is 4.04. The van der Waals surface area contributed by atoms with Crippen molar-refractivity contribution < 1.29 is 14.3 Å². The molecule has 1 heterocycles. The number of amides is 1. The van der Waals surface area contributed by atoms with Crippen molar-refractivity contribution in [2.45, 2.75) is 63.5 Å². The van der Waals surface area contributed by atoms with Crippen LogP contribution in [0.3, 0.4) is 0 Å². The molecule has 0 aromatic rings. The second kappa shape index (κ2) is 12.8. The second-order valence-electron chi connectivity index (χ2n) is 5.90. The van der Waals surface area contributed by atoms with Crippen LogP contribution in [-0.2, 0) is 14.3 Å². The molecule has 1 unspecified atom stereocenters. The zero-order chi connectivity index (χ0) is 16.9. The molecule has 0 bridgehead atoms. The van der Waals surface area contributed by atoms with Crippen molar-refractivity contribution in [1.82, 2.24) is 5.32 Å². The Labute approximate surface area is 148 Å². The lowest BCUT2D eigenvalue weighted by molar-refractivity contribution is -0.138. The van der Waals surface area contributed by atoms with E-state index in [4.69, 9.17) is 4.74 Å². The van der Waals surface area contributed by atoms with Gasteiger partial charge in [0.25, 0.3) is 0 Å². The number of rotatable bonds is 12. The van der Waals surface area contributed by atoms with E-state index in [1.807, 2.05) is 21.6 Å². The first kappa shape index (κ1) is 20.4. The van der Waals surface area contributed by atoms with E-state index in [-0.39, 0.29) is 11.9 Å². The average Bonchev–Trinajstić information content (AvgIpc) is 3.03. The molecule has 6 heteroatoms. The topological polar surface area (TPSA) is 55.4 Å². The second-order valence-corrected chi connectivity index (χ2v) is 8.69. The monoisotopic (exact) mass is 359 g/mol. The zero-order valence-electron chi connectivity index (χ0n) is 14.1. The summed E-state index contributed by atoms with van der Waals surface area (Å²) in [6.07, 6.45) is 8.53. The highest BCUT2D eigenvalue weighted by Gasteiger charge is 2.15. The van der Waals surface area contributed by atoms with Gasteiger partial charge in [0.15, 0.2) is 0 Å². The minimum absolute atomic E-state index is 0.0963. The molecule has 1 atom stereocenters. The van der Waals surface area contributed by atoms with Crippen molar-refractivity contribution in [2.24, 2.45) is 0 Å². The maximum atomic E-state index is 11.7. The zero-order valence-corrected chi connectivity index (χ0v) is 15.7. The summed E-state index contributed by atoms with van der Waals surface area (Å²) < 4.78 is 4.96. The first-order valence-corrected chi connectivity index (χ1v) is 10.9. The maximum Gasteiger partial charge on any atom is 0.333 e. The summed E-state index contributed by atoms with van der Waals surface area (Å²) in [6.45, 7) is 6.01. The minimum atomic E-state index is -0.370. The summed E-state index contributed by atoms with van der Waals surface area (Å²) in [5.41, 5.74) is 0.402. The van der Waals surface area contributed by atoms with Gasteiger partial charge >= 0.3 is 5.97 Å². The minimum Gasteiger partial charge on any atom is -0.462 e. The van der Waals surface area contributed by atoms with Crippen LogP contribution in [0, 0.1) is 0 Å². The molecule has 1 saturated heterocycles. The molecular formula is C17H29NO3S2. The van der Waals surface area contributed by atoms with Crippen LogP contribution in [0.15, 0.2) is 12.2 Å². The molecule has 23 heavy (non-hydrogen) atoms. The molecule has 4 nitrogen and oxygen atoms in total. The van der Waals surface area contributed by atoms with Crippen LogP contribution in [0.25, 0.3) is 0 Å². The molecule has 132 valence electrons. The number of ether oxygens (including phenoxy) is 1. The lowest BCUT2D eigenvalue weighted by Gasteiger charge is -2.07. The number of hydrogen-bond donors (Lipinski definition) is 1. The molecule has 0 spiro atoms. The molecule has 1 amide bonds. The van der Waals surface area contributed by atoms with Crippen LogP contribution < -0.4 is 5.32 Å². The Morgan fingerprint density at radius 2 is 2.00 bits per heavy atom. The Morgan fingerprint density at radius 1 is 1.22 bits per heavy atom. The van der Waals surface area contributed by atoms with Crippen LogP contribution in [0.1, 0.15) is 58.3 Å². The predicted octanol–water partition coefficient (Wildman–Crippen LogP) is 4.11. The Morgan fingerprint density at radius 3 is 2.70 bits per heavy atom. The van der Waals surface area contributed by atoms with Gasteiger partial charge in [0.05, 0.1) is 6.61 Å². The van der Waals surface area contributed by atoms with Crippen LogP contribution >= 0.6 is 21.6 Å². The first-order chi connectivity index (χ1) is 11.1. The Bertz CT molecular complexity index is 382. The Hall–Kier alpha value is -0.620. The van der Waals surface area contributed by atoms with Gasteiger partial charge in [0.2, 0.25) is 5.91 Å². The molecule has 0 aromatic heterocycles. The number of carbonyl (C=O) groups excluding carboxylic acids is 2. The highest BCUT2D eigenvalue weighted by Crippen LogP contribution is 2.39. The van der Waals surface area contributed by atoms with Crippen molar-refractivity contribution in [1.29, 1.82) is 0 Å². The van der Waals surface area contributed by atoms with E-state index in [1.165, 1.54) is 31.4 Å². The fourth-order valence-electron chi connectivity index (χ4n) is 2.25. The summed E-state index contributed by atoms with van der Waals surface area (Å²) in [5.74, 6) is 1.03. The smallest absolute Gasteiger partial charge is 0.333 e. The Kier molecular flexibility index (Phi) is 11.3. The molecule has 0 saturated carbocycles. The highest BCUT2D eigenvalue weighted by molar-refractivity contribution is 8.77. The molecule has 1 fully saturated rings. The van der Waals surface area contributed by atoms with Gasteiger partial charge in [-0.3, -0.25) is 4.79 Å². The first-order valence-electron chi connectivity index (χ1n) is 8.47. The molecule has 1 aliphatic heterocycles. The average molecular weight is 360 g/mol. The standard InChI is InChI=1S/C17H29NO3S2/c1-14(2)17(20)21-12-7-11-18-16(19)9-6-4-3-5-8-15-10-13-22-23-15/h15H,1,3-13H2,2H3,(H,18,19). The predicted molar refractivity (Wildman–Crippen MR) is 99.6 cm³/mol. The van der Waals surface area contributed by atoms with Crippen LogP contribution in [0.4, 0.5) is 0 Å². The van der Waals surface area contributed by atoms with Gasteiger partial charge in [-0.2, -0.15) is 0 Å². The largest absolute Gasteiger partial charge is 0.462 e. The quantitative estimate of drug-likeness (QED) is 0.246. The molecular weight excluding hydrogens is 330 g/mol. The summed E-state index contributed by atoms with van der Waals surface area (Å²) in [6, 6.07) is 0. The molecule has 1 N–H and O–H groups in total. The number of hydrogen-bond acceptors (Lipinski definition) is 5. The van der Waals surface area contributed by atoms with Crippen molar-refractivity contribution in [3.63, 3.8) is 0 Å². The number of carbonyl (C=O) groups is 2. The van der Waals surface area contributed by atoms with Crippen LogP contribution in [-0.4, -0.2) is 36.0 Å². The maximum absolute atomic E-state index is 11.7. The third-order valence-corrected chi connectivity index (χ3v) is 6.64. The van der Waals surface area contributed by atoms with E-state index < -0.39 is 0 Å².